The first-order valence-electron chi connectivity index (χ1n) is 10.1. The molecule has 1 aliphatic carbocycles. The molecule has 2 aliphatic rings. The smallest absolute Gasteiger partial charge is 0.328 e. The summed E-state index contributed by atoms with van der Waals surface area (Å²) in [6.07, 6.45) is 1.85. The maximum absolute atomic E-state index is 13.5. The van der Waals surface area contributed by atoms with Crippen LogP contribution in [0, 0.1) is 5.82 Å². The van der Waals surface area contributed by atoms with E-state index in [1.54, 1.807) is 4.90 Å². The Morgan fingerprint density at radius 1 is 1.12 bits per heavy atom. The molecule has 1 saturated carbocycles. The zero-order valence-corrected chi connectivity index (χ0v) is 18.4. The highest BCUT2D eigenvalue weighted by molar-refractivity contribution is 7.14. The van der Waals surface area contributed by atoms with Crippen LogP contribution in [-0.4, -0.2) is 49.1 Å². The summed E-state index contributed by atoms with van der Waals surface area (Å²) in [6, 6.07) is 11.9. The number of rotatable bonds is 6. The van der Waals surface area contributed by atoms with Crippen molar-refractivity contribution in [3.05, 3.63) is 63.9 Å². The van der Waals surface area contributed by atoms with E-state index >= 15 is 0 Å². The summed E-state index contributed by atoms with van der Waals surface area (Å²) in [7, 11) is 0. The fraction of sp³-hybridized carbons (Fsp3) is 0.273. The van der Waals surface area contributed by atoms with E-state index in [-0.39, 0.29) is 23.5 Å². The number of benzene rings is 2. The van der Waals surface area contributed by atoms with Gasteiger partial charge in [-0.3, -0.25) is 9.69 Å². The topological polar surface area (TPSA) is 86.6 Å². The number of imide groups is 1. The molecule has 2 fully saturated rings. The van der Waals surface area contributed by atoms with Crippen LogP contribution in [0.25, 0.3) is 10.6 Å². The summed E-state index contributed by atoms with van der Waals surface area (Å²) in [5.74, 6) is -1.63. The number of halogens is 2. The van der Waals surface area contributed by atoms with Crippen molar-refractivity contribution in [2.75, 3.05) is 6.54 Å². The van der Waals surface area contributed by atoms with Gasteiger partial charge in [0.05, 0.1) is 11.6 Å². The summed E-state index contributed by atoms with van der Waals surface area (Å²) in [5, 5.41) is 18.7. The molecule has 1 N–H and O–H groups in total. The number of hydrogen-bond acceptors (Lipinski definition) is 6. The number of aromatic hydroxyl groups is 1. The molecule has 1 saturated heterocycles. The van der Waals surface area contributed by atoms with E-state index in [9.17, 15) is 19.1 Å². The Morgan fingerprint density at radius 2 is 1.88 bits per heavy atom. The highest BCUT2D eigenvalue weighted by Crippen LogP contribution is 2.49. The van der Waals surface area contributed by atoms with Gasteiger partial charge in [-0.15, -0.1) is 10.2 Å². The van der Waals surface area contributed by atoms with Crippen molar-refractivity contribution in [1.82, 2.24) is 20.0 Å². The third-order valence-electron chi connectivity index (χ3n) is 5.87. The van der Waals surface area contributed by atoms with E-state index in [2.05, 4.69) is 10.2 Å². The van der Waals surface area contributed by atoms with Crippen LogP contribution in [0.15, 0.2) is 42.5 Å². The Morgan fingerprint density at radius 3 is 2.59 bits per heavy atom. The second-order valence-corrected chi connectivity index (χ2v) is 9.29. The molecule has 164 valence electrons. The van der Waals surface area contributed by atoms with E-state index in [0.717, 1.165) is 11.6 Å². The molecule has 0 atom stereocenters. The summed E-state index contributed by atoms with van der Waals surface area (Å²) in [6.45, 7) is 0.473. The van der Waals surface area contributed by atoms with Crippen molar-refractivity contribution in [3.63, 3.8) is 0 Å². The molecule has 32 heavy (non-hydrogen) atoms. The van der Waals surface area contributed by atoms with E-state index in [1.165, 1.54) is 22.3 Å². The van der Waals surface area contributed by atoms with Crippen molar-refractivity contribution < 1.29 is 19.1 Å². The third-order valence-corrected chi connectivity index (χ3v) is 7.19. The molecule has 0 bridgehead atoms. The second kappa shape index (κ2) is 7.83. The van der Waals surface area contributed by atoms with Crippen LogP contribution in [0.5, 0.6) is 5.75 Å². The van der Waals surface area contributed by atoms with Crippen molar-refractivity contribution in [2.45, 2.75) is 31.3 Å². The molecule has 0 radical (unpaired) electrons. The van der Waals surface area contributed by atoms with Gasteiger partial charge in [0.15, 0.2) is 11.6 Å². The predicted molar refractivity (Wildman–Crippen MR) is 117 cm³/mol. The first-order chi connectivity index (χ1) is 15.4. The van der Waals surface area contributed by atoms with Gasteiger partial charge in [-0.05, 0) is 37.0 Å². The van der Waals surface area contributed by atoms with Crippen LogP contribution in [-0.2, 0) is 17.8 Å². The molecular weight excluding hydrogens is 455 g/mol. The van der Waals surface area contributed by atoms with Crippen LogP contribution in [0.2, 0.25) is 5.02 Å². The van der Waals surface area contributed by atoms with E-state index in [1.807, 2.05) is 30.3 Å². The van der Waals surface area contributed by atoms with Gasteiger partial charge in [-0.1, -0.05) is 53.3 Å². The summed E-state index contributed by atoms with van der Waals surface area (Å²) in [5.41, 5.74) is 0.624. The van der Waals surface area contributed by atoms with Crippen LogP contribution >= 0.6 is 22.9 Å². The van der Waals surface area contributed by atoms with Gasteiger partial charge < -0.3 is 10.0 Å². The highest BCUT2D eigenvalue weighted by Gasteiger charge is 2.64. The molecule has 10 heteroatoms. The van der Waals surface area contributed by atoms with E-state index in [0.29, 0.717) is 41.4 Å². The summed E-state index contributed by atoms with van der Waals surface area (Å²) in [4.78, 5) is 29.0. The average Bonchev–Trinajstić information content (AvgIpc) is 3.43. The minimum atomic E-state index is -0.823. The normalized spacial score (nSPS) is 16.9. The predicted octanol–water partition coefficient (Wildman–Crippen LogP) is 4.24. The number of aromatic nitrogens is 2. The number of nitrogens with zero attached hydrogens (tertiary/aromatic N) is 4. The Balaban J connectivity index is 1.34. The molecule has 3 amide bonds. The van der Waals surface area contributed by atoms with Crippen molar-refractivity contribution in [2.24, 2.45) is 0 Å². The monoisotopic (exact) mass is 472 g/mol. The fourth-order valence-electron chi connectivity index (χ4n) is 3.95. The number of hydrogen-bond donors (Lipinski definition) is 1. The van der Waals surface area contributed by atoms with Crippen molar-refractivity contribution in [3.8, 4) is 16.3 Å². The molecule has 2 heterocycles. The summed E-state index contributed by atoms with van der Waals surface area (Å²) < 4.78 is 13.5. The molecule has 1 spiro atoms. The van der Waals surface area contributed by atoms with Gasteiger partial charge in [0.1, 0.15) is 15.6 Å². The van der Waals surface area contributed by atoms with E-state index in [4.69, 9.17) is 11.6 Å². The lowest BCUT2D eigenvalue weighted by Gasteiger charge is -2.19. The van der Waals surface area contributed by atoms with Gasteiger partial charge >= 0.3 is 6.03 Å². The van der Waals surface area contributed by atoms with Crippen LogP contribution in [0.3, 0.4) is 0 Å². The van der Waals surface area contributed by atoms with Gasteiger partial charge in [-0.25, -0.2) is 9.18 Å². The number of carbonyl (C=O) groups excluding carboxylic acids is 2. The standard InChI is InChI=1S/C22H18ClFN4O3S/c23-17-14(6-7-15(24)18(17)29)19-26-25-16(32-19)12-28-21(31)27(20(30)22(28)9-10-22)11-8-13-4-2-1-3-5-13/h1-7,29H,8-12H2. The fourth-order valence-corrected chi connectivity index (χ4v) is 5.11. The van der Waals surface area contributed by atoms with Crippen molar-refractivity contribution >= 4 is 34.9 Å². The van der Waals surface area contributed by atoms with Crippen LogP contribution in [0.4, 0.5) is 9.18 Å². The Hall–Kier alpha value is -3.04. The first-order valence-corrected chi connectivity index (χ1v) is 11.3. The molecule has 2 aromatic carbocycles. The number of phenolic OH excluding ortho intramolecular Hbond substituents is 1. The molecule has 1 aliphatic heterocycles. The maximum atomic E-state index is 13.5. The Bertz CT molecular complexity index is 1220. The lowest BCUT2D eigenvalue weighted by molar-refractivity contribution is -0.129. The van der Waals surface area contributed by atoms with Gasteiger partial charge in [-0.2, -0.15) is 0 Å². The highest BCUT2D eigenvalue weighted by atomic mass is 35.5. The number of amides is 3. The largest absolute Gasteiger partial charge is 0.504 e. The minimum absolute atomic E-state index is 0.147. The van der Waals surface area contributed by atoms with Gasteiger partial charge in [0.2, 0.25) is 0 Å². The second-order valence-electron chi connectivity index (χ2n) is 7.85. The average molecular weight is 473 g/mol. The summed E-state index contributed by atoms with van der Waals surface area (Å²) >= 11 is 7.23. The van der Waals surface area contributed by atoms with Crippen LogP contribution in [0.1, 0.15) is 23.4 Å². The number of carbonyl (C=O) groups is 2. The Kier molecular flexibility index (Phi) is 5.10. The maximum Gasteiger partial charge on any atom is 0.328 e. The van der Waals surface area contributed by atoms with Gasteiger partial charge in [0, 0.05) is 12.1 Å². The third kappa shape index (κ3) is 3.41. The lowest BCUT2D eigenvalue weighted by Crippen LogP contribution is -2.36. The molecular formula is C22H18ClFN4O3S. The quantitative estimate of drug-likeness (QED) is 0.542. The van der Waals surface area contributed by atoms with E-state index < -0.39 is 17.1 Å². The molecule has 3 aromatic rings. The minimum Gasteiger partial charge on any atom is -0.504 e. The SMILES string of the molecule is O=C1N(CCc2ccccc2)C(=O)C2(CC2)N1Cc1nnc(-c2ccc(F)c(O)c2Cl)s1. The van der Waals surface area contributed by atoms with Crippen molar-refractivity contribution in [1.29, 1.82) is 0 Å². The molecule has 0 unspecified atom stereocenters. The van der Waals surface area contributed by atoms with Gasteiger partial charge in [0.25, 0.3) is 5.91 Å². The Labute approximate surface area is 192 Å². The lowest BCUT2D eigenvalue weighted by atomic mass is 10.1. The molecule has 7 nitrogen and oxygen atoms in total. The number of urea groups is 1. The number of phenols is 1. The molecule has 1 aromatic heterocycles. The zero-order valence-electron chi connectivity index (χ0n) is 16.8. The first kappa shape index (κ1) is 20.8. The molecule has 5 rings (SSSR count). The van der Waals surface area contributed by atoms with Crippen LogP contribution < -0.4 is 0 Å². The zero-order chi connectivity index (χ0) is 22.5.